The third-order valence-corrected chi connectivity index (χ3v) is 2.16. The first kappa shape index (κ1) is 15.6. The third-order valence-electron chi connectivity index (χ3n) is 2.16. The van der Waals surface area contributed by atoms with Crippen molar-refractivity contribution in [2.75, 3.05) is 6.61 Å². The first-order valence-electron chi connectivity index (χ1n) is 5.75. The Morgan fingerprint density at radius 2 is 1.94 bits per heavy atom. The minimum absolute atomic E-state index is 0.240. The molecular weight excluding hydrogens is 218 g/mol. The molecule has 0 radical (unpaired) electrons. The second-order valence-corrected chi connectivity index (χ2v) is 3.69. The SMILES string of the molecule is CCCC(N)C(=O)O.OCCc1ccccc1. The molecule has 0 saturated carbocycles. The first-order chi connectivity index (χ1) is 8.11. The van der Waals surface area contributed by atoms with Crippen LogP contribution in [0.25, 0.3) is 0 Å². The zero-order chi connectivity index (χ0) is 13.1. The van der Waals surface area contributed by atoms with Crippen molar-refractivity contribution in [2.45, 2.75) is 32.2 Å². The smallest absolute Gasteiger partial charge is 0.320 e. The van der Waals surface area contributed by atoms with E-state index in [4.69, 9.17) is 15.9 Å². The lowest BCUT2D eigenvalue weighted by Crippen LogP contribution is -2.29. The topological polar surface area (TPSA) is 83.6 Å². The van der Waals surface area contributed by atoms with Gasteiger partial charge in [0.05, 0.1) is 0 Å². The molecule has 4 nitrogen and oxygen atoms in total. The molecular formula is C13H21NO3. The van der Waals surface area contributed by atoms with Gasteiger partial charge in [0.2, 0.25) is 0 Å². The molecule has 0 fully saturated rings. The molecule has 4 N–H and O–H groups in total. The molecule has 1 unspecified atom stereocenters. The Kier molecular flexibility index (Phi) is 9.01. The van der Waals surface area contributed by atoms with Crippen LogP contribution in [0, 0.1) is 0 Å². The van der Waals surface area contributed by atoms with Crippen LogP contribution in [0.3, 0.4) is 0 Å². The third kappa shape index (κ3) is 8.42. The number of carboxylic acids is 1. The average Bonchev–Trinajstić information content (AvgIpc) is 2.32. The Hall–Kier alpha value is -1.39. The van der Waals surface area contributed by atoms with E-state index in [-0.39, 0.29) is 6.61 Å². The largest absolute Gasteiger partial charge is 0.480 e. The second-order valence-electron chi connectivity index (χ2n) is 3.69. The summed E-state index contributed by atoms with van der Waals surface area (Å²) in [5.74, 6) is -0.910. The lowest BCUT2D eigenvalue weighted by Gasteiger charge is -2.00. The van der Waals surface area contributed by atoms with Crippen molar-refractivity contribution in [3.8, 4) is 0 Å². The van der Waals surface area contributed by atoms with Gasteiger partial charge >= 0.3 is 5.97 Å². The van der Waals surface area contributed by atoms with Crippen LogP contribution in [0.1, 0.15) is 25.3 Å². The Morgan fingerprint density at radius 3 is 2.29 bits per heavy atom. The standard InChI is InChI=1S/C8H10O.C5H11NO2/c9-7-6-8-4-2-1-3-5-8;1-2-3-4(6)5(7)8/h1-5,9H,6-7H2;4H,2-3,6H2,1H3,(H,7,8). The molecule has 0 saturated heterocycles. The Labute approximate surface area is 102 Å². The van der Waals surface area contributed by atoms with E-state index < -0.39 is 12.0 Å². The Morgan fingerprint density at radius 1 is 1.35 bits per heavy atom. The Bertz CT molecular complexity index is 301. The molecule has 0 heterocycles. The van der Waals surface area contributed by atoms with Crippen LogP contribution < -0.4 is 5.73 Å². The number of hydrogen-bond acceptors (Lipinski definition) is 3. The highest BCUT2D eigenvalue weighted by Gasteiger charge is 2.07. The minimum atomic E-state index is -0.910. The van der Waals surface area contributed by atoms with Crippen LogP contribution in [-0.2, 0) is 11.2 Å². The van der Waals surface area contributed by atoms with Crippen molar-refractivity contribution >= 4 is 5.97 Å². The number of carboxylic acid groups (broad SMARTS) is 1. The zero-order valence-corrected chi connectivity index (χ0v) is 10.2. The van der Waals surface area contributed by atoms with Crippen molar-refractivity contribution in [3.63, 3.8) is 0 Å². The minimum Gasteiger partial charge on any atom is -0.480 e. The van der Waals surface area contributed by atoms with Crippen LogP contribution >= 0.6 is 0 Å². The molecule has 0 aliphatic heterocycles. The van der Waals surface area contributed by atoms with E-state index in [1.165, 1.54) is 5.56 Å². The van der Waals surface area contributed by atoms with Crippen molar-refractivity contribution in [3.05, 3.63) is 35.9 Å². The van der Waals surface area contributed by atoms with Gasteiger partial charge in [-0.1, -0.05) is 43.7 Å². The molecule has 0 aromatic heterocycles. The predicted molar refractivity (Wildman–Crippen MR) is 67.8 cm³/mol. The molecule has 1 aromatic rings. The van der Waals surface area contributed by atoms with Gasteiger partial charge in [0.15, 0.2) is 0 Å². The number of rotatable bonds is 5. The van der Waals surface area contributed by atoms with E-state index >= 15 is 0 Å². The van der Waals surface area contributed by atoms with Crippen molar-refractivity contribution in [1.29, 1.82) is 0 Å². The monoisotopic (exact) mass is 239 g/mol. The van der Waals surface area contributed by atoms with E-state index in [0.717, 1.165) is 12.8 Å². The zero-order valence-electron chi connectivity index (χ0n) is 10.2. The molecule has 17 heavy (non-hydrogen) atoms. The molecule has 96 valence electrons. The summed E-state index contributed by atoms with van der Waals surface area (Å²) in [6, 6.07) is 9.28. The normalized spacial score (nSPS) is 11.2. The number of aliphatic hydroxyl groups is 1. The summed E-state index contributed by atoms with van der Waals surface area (Å²) in [4.78, 5) is 9.96. The first-order valence-corrected chi connectivity index (χ1v) is 5.75. The summed E-state index contributed by atoms with van der Waals surface area (Å²) < 4.78 is 0. The van der Waals surface area contributed by atoms with Gasteiger partial charge < -0.3 is 15.9 Å². The molecule has 1 aromatic carbocycles. The predicted octanol–water partition coefficient (Wildman–Crippen LogP) is 1.42. The summed E-state index contributed by atoms with van der Waals surface area (Å²) in [6.45, 7) is 2.15. The number of hydrogen-bond donors (Lipinski definition) is 3. The summed E-state index contributed by atoms with van der Waals surface area (Å²) in [5, 5.41) is 16.7. The lowest BCUT2D eigenvalue weighted by atomic mass is 10.2. The summed E-state index contributed by atoms with van der Waals surface area (Å²) in [5.41, 5.74) is 6.32. The van der Waals surface area contributed by atoms with Crippen LogP contribution in [0.2, 0.25) is 0 Å². The molecule has 0 spiro atoms. The average molecular weight is 239 g/mol. The number of aliphatic carboxylic acids is 1. The number of carbonyl (C=O) groups is 1. The molecule has 4 heteroatoms. The van der Waals surface area contributed by atoms with Crippen molar-refractivity contribution in [2.24, 2.45) is 5.73 Å². The fourth-order valence-electron chi connectivity index (χ4n) is 1.21. The van der Waals surface area contributed by atoms with Crippen molar-refractivity contribution < 1.29 is 15.0 Å². The fraction of sp³-hybridized carbons (Fsp3) is 0.462. The quantitative estimate of drug-likeness (QED) is 0.725. The van der Waals surface area contributed by atoms with Crippen LogP contribution in [0.4, 0.5) is 0 Å². The van der Waals surface area contributed by atoms with E-state index in [2.05, 4.69) is 0 Å². The van der Waals surface area contributed by atoms with Gasteiger partial charge in [-0.15, -0.1) is 0 Å². The maximum atomic E-state index is 9.96. The van der Waals surface area contributed by atoms with Crippen LogP contribution in [0.5, 0.6) is 0 Å². The highest BCUT2D eigenvalue weighted by Crippen LogP contribution is 1.97. The summed E-state index contributed by atoms with van der Waals surface area (Å²) in [6.07, 6.45) is 2.16. The van der Waals surface area contributed by atoms with E-state index in [1.807, 2.05) is 37.3 Å². The van der Waals surface area contributed by atoms with Gasteiger partial charge in [-0.2, -0.15) is 0 Å². The highest BCUT2D eigenvalue weighted by atomic mass is 16.4. The number of benzene rings is 1. The molecule has 0 bridgehead atoms. The van der Waals surface area contributed by atoms with E-state index in [1.54, 1.807) is 0 Å². The fourth-order valence-corrected chi connectivity index (χ4v) is 1.21. The maximum absolute atomic E-state index is 9.96. The Balaban J connectivity index is 0.000000304. The summed E-state index contributed by atoms with van der Waals surface area (Å²) in [7, 11) is 0. The molecule has 0 aliphatic rings. The molecule has 0 aliphatic carbocycles. The van der Waals surface area contributed by atoms with Crippen LogP contribution in [0.15, 0.2) is 30.3 Å². The number of nitrogens with two attached hydrogens (primary N) is 1. The van der Waals surface area contributed by atoms with Gasteiger partial charge in [0, 0.05) is 6.61 Å². The lowest BCUT2D eigenvalue weighted by molar-refractivity contribution is -0.138. The van der Waals surface area contributed by atoms with Crippen LogP contribution in [-0.4, -0.2) is 28.8 Å². The van der Waals surface area contributed by atoms with Gasteiger partial charge in [-0.25, -0.2) is 0 Å². The second kappa shape index (κ2) is 9.81. The van der Waals surface area contributed by atoms with Crippen molar-refractivity contribution in [1.82, 2.24) is 0 Å². The molecule has 1 atom stereocenters. The van der Waals surface area contributed by atoms with Gasteiger partial charge in [-0.05, 0) is 18.4 Å². The van der Waals surface area contributed by atoms with Gasteiger partial charge in [0.25, 0.3) is 0 Å². The molecule has 1 rings (SSSR count). The number of aliphatic hydroxyl groups excluding tert-OH is 1. The highest BCUT2D eigenvalue weighted by molar-refractivity contribution is 5.72. The summed E-state index contributed by atoms with van der Waals surface area (Å²) >= 11 is 0. The van der Waals surface area contributed by atoms with Gasteiger partial charge in [-0.3, -0.25) is 4.79 Å². The van der Waals surface area contributed by atoms with E-state index in [9.17, 15) is 4.79 Å². The van der Waals surface area contributed by atoms with E-state index in [0.29, 0.717) is 6.42 Å². The molecule has 0 amide bonds. The van der Waals surface area contributed by atoms with Gasteiger partial charge in [0.1, 0.15) is 6.04 Å². The maximum Gasteiger partial charge on any atom is 0.320 e.